The highest BCUT2D eigenvalue weighted by atomic mass is 33.1. The molecule has 0 aromatic carbocycles. The van der Waals surface area contributed by atoms with E-state index in [1.165, 1.54) is 0 Å². The first-order valence-electron chi connectivity index (χ1n) is 14.2. The van der Waals surface area contributed by atoms with E-state index >= 15 is 0 Å². The Kier molecular flexibility index (Phi) is 11.1. The number of piperidine rings is 2. The number of nitrogens with zero attached hydrogens (tertiary/aromatic N) is 2. The van der Waals surface area contributed by atoms with Gasteiger partial charge in [0.1, 0.15) is 12.2 Å². The molecule has 38 heavy (non-hydrogen) atoms. The molecule has 2 heterocycles. The largest absolute Gasteiger partial charge is 0.459 e. The second-order valence-corrected chi connectivity index (χ2v) is 14.6. The van der Waals surface area contributed by atoms with E-state index in [1.54, 1.807) is 13.8 Å². The number of hydrogen-bond donors (Lipinski definition) is 0. The van der Waals surface area contributed by atoms with Crippen molar-refractivity contribution in [2.24, 2.45) is 0 Å². The van der Waals surface area contributed by atoms with Crippen molar-refractivity contribution in [3.63, 3.8) is 0 Å². The van der Waals surface area contributed by atoms with Crippen LogP contribution in [-0.4, -0.2) is 54.9 Å². The zero-order valence-corrected chi connectivity index (χ0v) is 27.2. The summed E-state index contributed by atoms with van der Waals surface area (Å²) in [6, 6.07) is 0. The zero-order valence-electron chi connectivity index (χ0n) is 25.6. The Morgan fingerprint density at radius 3 is 1.21 bits per heavy atom. The van der Waals surface area contributed by atoms with Crippen molar-refractivity contribution in [2.45, 2.75) is 155 Å². The smallest absolute Gasteiger partial charge is 0.333 e. The molecular weight excluding hydrogens is 516 g/mol. The van der Waals surface area contributed by atoms with Gasteiger partial charge in [-0.2, -0.15) is 0 Å². The molecular formula is C30H52N2O4S2. The molecule has 2 aliphatic rings. The molecule has 0 amide bonds. The van der Waals surface area contributed by atoms with Gasteiger partial charge in [0, 0.05) is 80.9 Å². The molecule has 0 N–H and O–H groups in total. The highest BCUT2D eigenvalue weighted by Crippen LogP contribution is 2.56. The van der Waals surface area contributed by atoms with Crippen molar-refractivity contribution < 1.29 is 19.1 Å². The van der Waals surface area contributed by atoms with Crippen LogP contribution in [0.25, 0.3) is 0 Å². The SMILES string of the molecule is C=C(C)C(=O)OC1CC(C)(C)N(SSN2C(C)(C)CC(OC(=O)C(=C)C)CC2(CC)CC)C(CC)(CC)C1. The summed E-state index contributed by atoms with van der Waals surface area (Å²) in [7, 11) is 3.69. The summed E-state index contributed by atoms with van der Waals surface area (Å²) in [4.78, 5) is 24.8. The van der Waals surface area contributed by atoms with Gasteiger partial charge < -0.3 is 9.47 Å². The van der Waals surface area contributed by atoms with Crippen molar-refractivity contribution in [2.75, 3.05) is 0 Å². The fraction of sp³-hybridized carbons (Fsp3) is 0.800. The molecule has 2 unspecified atom stereocenters. The van der Waals surface area contributed by atoms with E-state index in [2.05, 4.69) is 77.2 Å². The van der Waals surface area contributed by atoms with Gasteiger partial charge in [-0.1, -0.05) is 40.9 Å². The summed E-state index contributed by atoms with van der Waals surface area (Å²) in [6.45, 7) is 29.0. The molecule has 0 aliphatic carbocycles. The molecule has 8 heteroatoms. The second kappa shape index (κ2) is 12.7. The topological polar surface area (TPSA) is 59.1 Å². The van der Waals surface area contributed by atoms with Crippen molar-refractivity contribution >= 4 is 33.9 Å². The summed E-state index contributed by atoms with van der Waals surface area (Å²) in [5, 5.41) is 0. The standard InChI is InChI=1S/C30H52N2O4S2/c1-13-29(14-2)19-23(35-25(33)21(5)6)17-27(9,10)31(29)37-38-32-28(11,12)18-24(36-26(34)22(7)8)20-30(32,15-3)16-4/h23-24H,5,7,13-20H2,1-4,6,8-12H3. The lowest BCUT2D eigenvalue weighted by molar-refractivity contribution is -0.153. The second-order valence-electron chi connectivity index (χ2n) is 12.7. The monoisotopic (exact) mass is 568 g/mol. The fourth-order valence-electron chi connectivity index (χ4n) is 6.47. The predicted molar refractivity (Wildman–Crippen MR) is 161 cm³/mol. The van der Waals surface area contributed by atoms with Crippen LogP contribution in [0.2, 0.25) is 0 Å². The molecule has 0 aromatic heterocycles. The lowest BCUT2D eigenvalue weighted by atomic mass is 9.76. The Labute approximate surface area is 240 Å². The Bertz CT molecular complexity index is 821. The minimum Gasteiger partial charge on any atom is -0.459 e. The first-order chi connectivity index (χ1) is 17.5. The molecule has 218 valence electrons. The van der Waals surface area contributed by atoms with E-state index in [-0.39, 0.29) is 46.3 Å². The third-order valence-electron chi connectivity index (χ3n) is 8.69. The molecule has 6 nitrogen and oxygen atoms in total. The van der Waals surface area contributed by atoms with Crippen molar-refractivity contribution in [3.05, 3.63) is 24.3 Å². The number of carbonyl (C=O) groups excluding carboxylic acids is 2. The molecule has 2 aliphatic heterocycles. The van der Waals surface area contributed by atoms with Crippen LogP contribution in [0, 0.1) is 0 Å². The molecule has 2 atom stereocenters. The Balaban J connectivity index is 2.33. The van der Waals surface area contributed by atoms with E-state index in [1.807, 2.05) is 22.0 Å². The van der Waals surface area contributed by atoms with Crippen molar-refractivity contribution in [1.82, 2.24) is 8.61 Å². The van der Waals surface area contributed by atoms with Gasteiger partial charge in [0.25, 0.3) is 0 Å². The molecule has 2 fully saturated rings. The van der Waals surface area contributed by atoms with E-state index < -0.39 is 0 Å². The number of esters is 2. The van der Waals surface area contributed by atoms with Gasteiger partial charge in [0.2, 0.25) is 0 Å². The summed E-state index contributed by atoms with van der Waals surface area (Å²) in [6.07, 6.45) is 6.79. The molecule has 2 rings (SSSR count). The lowest BCUT2D eigenvalue weighted by Crippen LogP contribution is -2.63. The van der Waals surface area contributed by atoms with Gasteiger partial charge in [-0.3, -0.25) is 0 Å². The highest BCUT2D eigenvalue weighted by Gasteiger charge is 2.54. The summed E-state index contributed by atoms with van der Waals surface area (Å²) in [5.41, 5.74) is 0.345. The molecule has 0 saturated carbocycles. The van der Waals surface area contributed by atoms with Crippen LogP contribution in [0.4, 0.5) is 0 Å². The average Bonchev–Trinajstić information content (AvgIpc) is 2.82. The first-order valence-corrected chi connectivity index (χ1v) is 16.3. The Morgan fingerprint density at radius 1 is 0.684 bits per heavy atom. The van der Waals surface area contributed by atoms with Crippen molar-refractivity contribution in [3.8, 4) is 0 Å². The van der Waals surface area contributed by atoms with Crippen LogP contribution in [0.1, 0.15) is 121 Å². The predicted octanol–water partition coefficient (Wildman–Crippen LogP) is 8.04. The molecule has 0 aromatic rings. The maximum atomic E-state index is 12.4. The average molecular weight is 569 g/mol. The van der Waals surface area contributed by atoms with E-state index in [4.69, 9.17) is 9.47 Å². The van der Waals surface area contributed by atoms with E-state index in [9.17, 15) is 9.59 Å². The van der Waals surface area contributed by atoms with Crippen LogP contribution in [0.15, 0.2) is 24.3 Å². The molecule has 0 bridgehead atoms. The van der Waals surface area contributed by atoms with Crippen LogP contribution in [0.3, 0.4) is 0 Å². The maximum Gasteiger partial charge on any atom is 0.333 e. The van der Waals surface area contributed by atoms with Gasteiger partial charge in [-0.25, -0.2) is 18.2 Å². The number of ether oxygens (including phenoxy) is 2. The third-order valence-corrected chi connectivity index (χ3v) is 11.9. The molecule has 0 spiro atoms. The summed E-state index contributed by atoms with van der Waals surface area (Å²) in [5.74, 6) is -0.593. The maximum absolute atomic E-state index is 12.4. The minimum absolute atomic E-state index is 0.0972. The summed E-state index contributed by atoms with van der Waals surface area (Å²) >= 11 is 0. The fourth-order valence-corrected chi connectivity index (χ4v) is 10.7. The summed E-state index contributed by atoms with van der Waals surface area (Å²) < 4.78 is 17.0. The van der Waals surface area contributed by atoms with Gasteiger partial charge >= 0.3 is 11.9 Å². The zero-order chi connectivity index (χ0) is 29.1. The highest BCUT2D eigenvalue weighted by molar-refractivity contribution is 8.74. The van der Waals surface area contributed by atoms with Gasteiger partial charge in [-0.15, -0.1) is 0 Å². The Hall–Kier alpha value is -0.960. The molecule has 2 saturated heterocycles. The van der Waals surface area contributed by atoms with Crippen LogP contribution in [-0.2, 0) is 19.1 Å². The van der Waals surface area contributed by atoms with E-state index in [0.29, 0.717) is 11.1 Å². The van der Waals surface area contributed by atoms with Crippen LogP contribution < -0.4 is 0 Å². The number of hydrogen-bond acceptors (Lipinski definition) is 8. The first kappa shape index (κ1) is 33.2. The van der Waals surface area contributed by atoms with Gasteiger partial charge in [0.15, 0.2) is 0 Å². The normalized spacial score (nSPS) is 26.4. The number of carbonyl (C=O) groups is 2. The molecule has 0 radical (unpaired) electrons. The van der Waals surface area contributed by atoms with Gasteiger partial charge in [0.05, 0.1) is 0 Å². The van der Waals surface area contributed by atoms with E-state index in [0.717, 1.165) is 51.4 Å². The quantitative estimate of drug-likeness (QED) is 0.107. The van der Waals surface area contributed by atoms with Crippen LogP contribution in [0.5, 0.6) is 0 Å². The third kappa shape index (κ3) is 7.02. The van der Waals surface area contributed by atoms with Crippen molar-refractivity contribution in [1.29, 1.82) is 0 Å². The Morgan fingerprint density at radius 2 is 0.974 bits per heavy atom. The minimum atomic E-state index is -0.296. The number of rotatable bonds is 11. The van der Waals surface area contributed by atoms with Gasteiger partial charge in [-0.05, 0) is 67.2 Å². The lowest BCUT2D eigenvalue weighted by Gasteiger charge is -2.59. The van der Waals surface area contributed by atoms with Crippen LogP contribution >= 0.6 is 22.0 Å².